The molecule has 7 heteroatoms. The number of benzene rings is 1. The summed E-state index contributed by atoms with van der Waals surface area (Å²) >= 11 is 5.88. The van der Waals surface area contributed by atoms with Crippen LogP contribution in [-0.2, 0) is 0 Å². The standard InChI is InChI=1S/C13H17ClN2O4/c1-12(2,13(3,4)18)15-11(17)9-6-5-8(16(19)20)7-10(9)14/h5-7,18H,1-4H3,(H,15,17). The largest absolute Gasteiger partial charge is 0.388 e. The molecule has 20 heavy (non-hydrogen) atoms. The zero-order valence-corrected chi connectivity index (χ0v) is 12.5. The van der Waals surface area contributed by atoms with Gasteiger partial charge in [0.15, 0.2) is 0 Å². The molecule has 0 saturated carbocycles. The number of amides is 1. The highest BCUT2D eigenvalue weighted by atomic mass is 35.5. The zero-order chi connectivity index (χ0) is 15.7. The van der Waals surface area contributed by atoms with Gasteiger partial charge >= 0.3 is 0 Å². The molecule has 2 N–H and O–H groups in total. The molecular weight excluding hydrogens is 284 g/mol. The number of nitrogens with one attached hydrogen (secondary N) is 1. The van der Waals surface area contributed by atoms with Gasteiger partial charge < -0.3 is 10.4 Å². The molecule has 0 saturated heterocycles. The third-order valence-corrected chi connectivity index (χ3v) is 3.68. The minimum Gasteiger partial charge on any atom is -0.388 e. The number of halogens is 1. The minimum absolute atomic E-state index is 0.0109. The summed E-state index contributed by atoms with van der Waals surface area (Å²) in [6.07, 6.45) is 0. The van der Waals surface area contributed by atoms with Crippen LogP contribution in [-0.4, -0.2) is 27.1 Å². The van der Waals surface area contributed by atoms with Crippen LogP contribution in [0.25, 0.3) is 0 Å². The summed E-state index contributed by atoms with van der Waals surface area (Å²) in [6.45, 7) is 6.49. The Morgan fingerprint density at radius 1 is 1.35 bits per heavy atom. The molecule has 1 amide bonds. The molecule has 110 valence electrons. The van der Waals surface area contributed by atoms with Gasteiger partial charge in [0.25, 0.3) is 11.6 Å². The second-order valence-electron chi connectivity index (χ2n) is 5.56. The lowest BCUT2D eigenvalue weighted by Gasteiger charge is -2.38. The number of nitrogens with zero attached hydrogens (tertiary/aromatic N) is 1. The molecular formula is C13H17ClN2O4. The maximum Gasteiger partial charge on any atom is 0.270 e. The first-order chi connectivity index (χ1) is 8.95. The van der Waals surface area contributed by atoms with Crippen molar-refractivity contribution >= 4 is 23.2 Å². The SMILES string of the molecule is CC(C)(O)C(C)(C)NC(=O)c1ccc([N+](=O)[O-])cc1Cl. The van der Waals surface area contributed by atoms with Crippen LogP contribution in [0, 0.1) is 10.1 Å². The molecule has 0 spiro atoms. The molecule has 0 aliphatic rings. The first-order valence-electron chi connectivity index (χ1n) is 5.94. The van der Waals surface area contributed by atoms with Crippen molar-refractivity contribution in [3.8, 4) is 0 Å². The van der Waals surface area contributed by atoms with Crippen LogP contribution < -0.4 is 5.32 Å². The van der Waals surface area contributed by atoms with Gasteiger partial charge in [-0.3, -0.25) is 14.9 Å². The lowest BCUT2D eigenvalue weighted by molar-refractivity contribution is -0.384. The molecule has 0 heterocycles. The number of nitro groups is 1. The third-order valence-electron chi connectivity index (χ3n) is 3.36. The second kappa shape index (κ2) is 5.38. The Morgan fingerprint density at radius 3 is 2.30 bits per heavy atom. The smallest absolute Gasteiger partial charge is 0.270 e. The van der Waals surface area contributed by atoms with Crippen LogP contribution in [0.4, 0.5) is 5.69 Å². The van der Waals surface area contributed by atoms with Crippen LogP contribution in [0.3, 0.4) is 0 Å². The van der Waals surface area contributed by atoms with E-state index in [4.69, 9.17) is 11.6 Å². The molecule has 1 aromatic rings. The number of carbonyl (C=O) groups excluding carboxylic acids is 1. The van der Waals surface area contributed by atoms with Crippen LogP contribution in [0.1, 0.15) is 38.1 Å². The molecule has 0 bridgehead atoms. The van der Waals surface area contributed by atoms with Gasteiger partial charge in [0, 0.05) is 12.1 Å². The van der Waals surface area contributed by atoms with E-state index in [1.807, 2.05) is 0 Å². The highest BCUT2D eigenvalue weighted by Gasteiger charge is 2.36. The molecule has 0 radical (unpaired) electrons. The maximum atomic E-state index is 12.1. The van der Waals surface area contributed by atoms with Crippen molar-refractivity contribution in [2.75, 3.05) is 0 Å². The van der Waals surface area contributed by atoms with E-state index in [2.05, 4.69) is 5.32 Å². The summed E-state index contributed by atoms with van der Waals surface area (Å²) in [4.78, 5) is 22.2. The summed E-state index contributed by atoms with van der Waals surface area (Å²) in [5.41, 5.74) is -2.10. The van der Waals surface area contributed by atoms with Crippen molar-refractivity contribution in [3.63, 3.8) is 0 Å². The van der Waals surface area contributed by atoms with E-state index in [-0.39, 0.29) is 16.3 Å². The minimum atomic E-state index is -1.14. The van der Waals surface area contributed by atoms with Crippen LogP contribution in [0.2, 0.25) is 5.02 Å². The number of non-ortho nitro benzene ring substituents is 1. The molecule has 0 aliphatic heterocycles. The Bertz CT molecular complexity index is 550. The Balaban J connectivity index is 3.03. The zero-order valence-electron chi connectivity index (χ0n) is 11.7. The number of carbonyl (C=O) groups is 1. The average molecular weight is 301 g/mol. The normalized spacial score (nSPS) is 12.1. The highest BCUT2D eigenvalue weighted by Crippen LogP contribution is 2.25. The fraction of sp³-hybridized carbons (Fsp3) is 0.462. The maximum absolute atomic E-state index is 12.1. The molecule has 0 unspecified atom stereocenters. The van der Waals surface area contributed by atoms with E-state index in [1.54, 1.807) is 27.7 Å². The molecule has 6 nitrogen and oxygen atoms in total. The Labute approximate surface area is 121 Å². The number of nitro benzene ring substituents is 1. The Kier molecular flexibility index (Phi) is 4.41. The number of hydrogen-bond donors (Lipinski definition) is 2. The number of rotatable bonds is 4. The van der Waals surface area contributed by atoms with Gasteiger partial charge in [-0.1, -0.05) is 11.6 Å². The van der Waals surface area contributed by atoms with Crippen molar-refractivity contribution in [1.82, 2.24) is 5.32 Å². The summed E-state index contributed by atoms with van der Waals surface area (Å²) in [7, 11) is 0. The first kappa shape index (κ1) is 16.4. The molecule has 1 rings (SSSR count). The summed E-state index contributed by atoms with van der Waals surface area (Å²) in [6, 6.07) is 3.61. The monoisotopic (exact) mass is 300 g/mol. The topological polar surface area (TPSA) is 92.5 Å². The van der Waals surface area contributed by atoms with Crippen molar-refractivity contribution in [2.24, 2.45) is 0 Å². The predicted molar refractivity (Wildman–Crippen MR) is 75.9 cm³/mol. The summed E-state index contributed by atoms with van der Waals surface area (Å²) in [5, 5.41) is 23.2. The first-order valence-corrected chi connectivity index (χ1v) is 6.32. The van der Waals surface area contributed by atoms with Crippen molar-refractivity contribution in [1.29, 1.82) is 0 Å². The summed E-state index contributed by atoms with van der Waals surface area (Å²) in [5.74, 6) is -0.503. The van der Waals surface area contributed by atoms with E-state index in [0.717, 1.165) is 6.07 Å². The molecule has 0 aromatic heterocycles. The Morgan fingerprint density at radius 2 is 1.90 bits per heavy atom. The molecule has 0 aliphatic carbocycles. The van der Waals surface area contributed by atoms with Gasteiger partial charge in [-0.25, -0.2) is 0 Å². The lowest BCUT2D eigenvalue weighted by atomic mass is 9.85. The fourth-order valence-corrected chi connectivity index (χ4v) is 1.57. The predicted octanol–water partition coefficient (Wildman–Crippen LogP) is 2.53. The molecule has 0 atom stereocenters. The van der Waals surface area contributed by atoms with E-state index in [9.17, 15) is 20.0 Å². The van der Waals surface area contributed by atoms with Gasteiger partial charge in [-0.05, 0) is 33.8 Å². The quantitative estimate of drug-likeness (QED) is 0.660. The van der Waals surface area contributed by atoms with E-state index in [0.29, 0.717) is 0 Å². The van der Waals surface area contributed by atoms with Crippen molar-refractivity contribution in [2.45, 2.75) is 38.8 Å². The van der Waals surface area contributed by atoms with Crippen molar-refractivity contribution < 1.29 is 14.8 Å². The van der Waals surface area contributed by atoms with Gasteiger partial charge in [-0.2, -0.15) is 0 Å². The number of aliphatic hydroxyl groups is 1. The van der Waals surface area contributed by atoms with Crippen molar-refractivity contribution in [3.05, 3.63) is 38.9 Å². The fourth-order valence-electron chi connectivity index (χ4n) is 1.31. The van der Waals surface area contributed by atoms with E-state index < -0.39 is 22.0 Å². The second-order valence-corrected chi connectivity index (χ2v) is 5.97. The van der Waals surface area contributed by atoms with Gasteiger partial charge in [0.05, 0.1) is 26.6 Å². The Hall–Kier alpha value is -1.66. The lowest BCUT2D eigenvalue weighted by Crippen LogP contribution is -2.57. The van der Waals surface area contributed by atoms with Crippen LogP contribution in [0.15, 0.2) is 18.2 Å². The molecule has 0 fully saturated rings. The van der Waals surface area contributed by atoms with Gasteiger partial charge in [-0.15, -0.1) is 0 Å². The van der Waals surface area contributed by atoms with Gasteiger partial charge in [0.2, 0.25) is 0 Å². The third kappa shape index (κ3) is 3.46. The highest BCUT2D eigenvalue weighted by molar-refractivity contribution is 6.34. The van der Waals surface area contributed by atoms with Crippen LogP contribution >= 0.6 is 11.6 Å². The van der Waals surface area contributed by atoms with E-state index >= 15 is 0 Å². The van der Waals surface area contributed by atoms with Gasteiger partial charge in [0.1, 0.15) is 0 Å². The number of hydrogen-bond acceptors (Lipinski definition) is 4. The van der Waals surface area contributed by atoms with Crippen LogP contribution in [0.5, 0.6) is 0 Å². The average Bonchev–Trinajstić information content (AvgIpc) is 2.26. The molecule has 1 aromatic carbocycles. The summed E-state index contributed by atoms with van der Waals surface area (Å²) < 4.78 is 0. The van der Waals surface area contributed by atoms with E-state index in [1.165, 1.54) is 12.1 Å².